The van der Waals surface area contributed by atoms with Gasteiger partial charge in [0, 0.05) is 29.3 Å². The van der Waals surface area contributed by atoms with Crippen LogP contribution in [0.2, 0.25) is 0 Å². The molecule has 8 heteroatoms. The van der Waals surface area contributed by atoms with Gasteiger partial charge in [-0.05, 0) is 13.0 Å². The van der Waals surface area contributed by atoms with Gasteiger partial charge in [0.2, 0.25) is 0 Å². The van der Waals surface area contributed by atoms with E-state index in [-0.39, 0.29) is 23.4 Å². The van der Waals surface area contributed by atoms with Crippen molar-refractivity contribution in [2.75, 3.05) is 25.7 Å². The van der Waals surface area contributed by atoms with Crippen molar-refractivity contribution in [1.82, 2.24) is 0 Å². The van der Waals surface area contributed by atoms with Gasteiger partial charge >= 0.3 is 5.97 Å². The predicted octanol–water partition coefficient (Wildman–Crippen LogP) is 1.64. The van der Waals surface area contributed by atoms with E-state index in [4.69, 9.17) is 14.2 Å². The number of methoxy groups -OCH3 is 2. The number of amides is 2. The number of benzene rings is 2. The van der Waals surface area contributed by atoms with Crippen LogP contribution < -0.4 is 14.4 Å². The zero-order valence-electron chi connectivity index (χ0n) is 15.6. The maximum Gasteiger partial charge on any atom is 0.353 e. The topological polar surface area (TPSA) is 102 Å². The van der Waals surface area contributed by atoms with Crippen molar-refractivity contribution < 1.29 is 33.7 Å². The van der Waals surface area contributed by atoms with Crippen LogP contribution >= 0.6 is 0 Å². The molecule has 28 heavy (non-hydrogen) atoms. The number of aliphatic hydroxyl groups is 1. The van der Waals surface area contributed by atoms with Gasteiger partial charge < -0.3 is 19.3 Å². The molecule has 2 amide bonds. The van der Waals surface area contributed by atoms with Gasteiger partial charge in [-0.3, -0.25) is 9.59 Å². The first-order valence-electron chi connectivity index (χ1n) is 8.49. The molecule has 0 saturated heterocycles. The van der Waals surface area contributed by atoms with Gasteiger partial charge in [-0.25, -0.2) is 9.69 Å². The lowest BCUT2D eigenvalue weighted by atomic mass is 9.84. The summed E-state index contributed by atoms with van der Waals surface area (Å²) in [5.41, 5.74) is -2.67. The van der Waals surface area contributed by atoms with E-state index in [0.29, 0.717) is 11.5 Å². The van der Waals surface area contributed by atoms with Crippen molar-refractivity contribution in [2.45, 2.75) is 12.5 Å². The quantitative estimate of drug-likeness (QED) is 0.474. The van der Waals surface area contributed by atoms with Crippen molar-refractivity contribution in [3.8, 4) is 11.5 Å². The van der Waals surface area contributed by atoms with E-state index in [1.54, 1.807) is 19.1 Å². The van der Waals surface area contributed by atoms with Crippen LogP contribution in [0.4, 0.5) is 5.69 Å². The maximum absolute atomic E-state index is 13.2. The lowest BCUT2D eigenvalue weighted by molar-refractivity contribution is -0.171. The molecule has 1 unspecified atom stereocenters. The molecule has 0 spiro atoms. The number of anilines is 1. The molecule has 0 saturated carbocycles. The number of esters is 1. The van der Waals surface area contributed by atoms with Gasteiger partial charge in [0.05, 0.1) is 26.5 Å². The van der Waals surface area contributed by atoms with Crippen LogP contribution in [0, 0.1) is 0 Å². The monoisotopic (exact) mass is 385 g/mol. The van der Waals surface area contributed by atoms with Gasteiger partial charge in [-0.2, -0.15) is 0 Å². The number of rotatable bonds is 5. The van der Waals surface area contributed by atoms with Crippen molar-refractivity contribution in [2.24, 2.45) is 0 Å². The fraction of sp³-hybridized carbons (Fsp3) is 0.250. The molecule has 1 atom stereocenters. The molecule has 8 nitrogen and oxygen atoms in total. The Morgan fingerprint density at radius 2 is 1.68 bits per heavy atom. The highest BCUT2D eigenvalue weighted by molar-refractivity contribution is 6.31. The molecular formula is C20H19NO7. The highest BCUT2D eigenvalue weighted by atomic mass is 16.6. The van der Waals surface area contributed by atoms with Gasteiger partial charge in [-0.15, -0.1) is 0 Å². The average Bonchev–Trinajstić information content (AvgIpc) is 2.72. The lowest BCUT2D eigenvalue weighted by Crippen LogP contribution is -2.59. The molecule has 2 aromatic carbocycles. The SMILES string of the molecule is CCOC(=O)C1(O)C(=O)N(c2cc(OC)cc(OC)c2)C(=O)c2ccccc21. The van der Waals surface area contributed by atoms with E-state index < -0.39 is 23.4 Å². The normalized spacial score (nSPS) is 18.5. The third-order valence-electron chi connectivity index (χ3n) is 4.43. The number of carbonyl (C=O) groups excluding carboxylic acids is 3. The third-order valence-corrected chi connectivity index (χ3v) is 4.43. The molecule has 146 valence electrons. The van der Waals surface area contributed by atoms with Gasteiger partial charge in [0.25, 0.3) is 17.4 Å². The Kier molecular flexibility index (Phi) is 5.06. The second-order valence-electron chi connectivity index (χ2n) is 5.99. The van der Waals surface area contributed by atoms with Crippen LogP contribution in [0.5, 0.6) is 11.5 Å². The van der Waals surface area contributed by atoms with Crippen molar-refractivity contribution >= 4 is 23.5 Å². The number of carbonyl (C=O) groups is 3. The van der Waals surface area contributed by atoms with Crippen LogP contribution in [0.25, 0.3) is 0 Å². The maximum atomic E-state index is 13.2. The van der Waals surface area contributed by atoms with E-state index in [2.05, 4.69) is 0 Å². The number of imide groups is 1. The Balaban J connectivity index is 2.23. The summed E-state index contributed by atoms with van der Waals surface area (Å²) in [6.45, 7) is 1.51. The first-order valence-corrected chi connectivity index (χ1v) is 8.49. The summed E-state index contributed by atoms with van der Waals surface area (Å²) in [5, 5.41) is 11.1. The molecule has 0 bridgehead atoms. The number of hydrogen-bond acceptors (Lipinski definition) is 7. The minimum Gasteiger partial charge on any atom is -0.497 e. The molecule has 3 rings (SSSR count). The van der Waals surface area contributed by atoms with Crippen molar-refractivity contribution in [1.29, 1.82) is 0 Å². The summed E-state index contributed by atoms with van der Waals surface area (Å²) in [6, 6.07) is 10.3. The van der Waals surface area contributed by atoms with Crippen LogP contribution in [0.15, 0.2) is 42.5 Å². The third kappa shape index (κ3) is 2.87. The molecule has 1 heterocycles. The van der Waals surface area contributed by atoms with Crippen LogP contribution in [-0.4, -0.2) is 43.7 Å². The van der Waals surface area contributed by atoms with E-state index in [1.165, 1.54) is 44.6 Å². The lowest BCUT2D eigenvalue weighted by Gasteiger charge is -2.36. The largest absolute Gasteiger partial charge is 0.497 e. The summed E-state index contributed by atoms with van der Waals surface area (Å²) < 4.78 is 15.3. The van der Waals surface area contributed by atoms with E-state index >= 15 is 0 Å². The first-order chi connectivity index (χ1) is 13.4. The Hall–Kier alpha value is -3.39. The molecule has 2 aromatic rings. The van der Waals surface area contributed by atoms with E-state index in [0.717, 1.165) is 4.90 Å². The summed E-state index contributed by atoms with van der Waals surface area (Å²) in [4.78, 5) is 39.5. The molecule has 0 radical (unpaired) electrons. The highest BCUT2D eigenvalue weighted by Gasteiger charge is 2.56. The molecule has 1 aliphatic heterocycles. The Labute approximate surface area is 161 Å². The second-order valence-corrected chi connectivity index (χ2v) is 5.99. The fourth-order valence-electron chi connectivity index (χ4n) is 3.06. The number of fused-ring (bicyclic) bond motifs is 1. The summed E-state index contributed by atoms with van der Waals surface area (Å²) in [5.74, 6) is -2.32. The van der Waals surface area contributed by atoms with Crippen LogP contribution in [-0.2, 0) is 19.9 Å². The van der Waals surface area contributed by atoms with Gasteiger partial charge in [0.15, 0.2) is 0 Å². The Morgan fingerprint density at radius 3 is 2.25 bits per heavy atom. The number of hydrogen-bond donors (Lipinski definition) is 1. The molecule has 1 N–H and O–H groups in total. The minimum absolute atomic E-state index is 0.0134. The zero-order valence-corrected chi connectivity index (χ0v) is 15.6. The average molecular weight is 385 g/mol. The van der Waals surface area contributed by atoms with Gasteiger partial charge in [0.1, 0.15) is 11.5 Å². The molecular weight excluding hydrogens is 366 g/mol. The fourth-order valence-corrected chi connectivity index (χ4v) is 3.06. The Bertz CT molecular complexity index is 933. The molecule has 0 fully saturated rings. The van der Waals surface area contributed by atoms with Crippen LogP contribution in [0.1, 0.15) is 22.8 Å². The van der Waals surface area contributed by atoms with Crippen molar-refractivity contribution in [3.05, 3.63) is 53.6 Å². The minimum atomic E-state index is -2.66. The first kappa shape index (κ1) is 19.4. The molecule has 0 aliphatic carbocycles. The zero-order chi connectivity index (χ0) is 20.5. The number of ether oxygens (including phenoxy) is 3. The van der Waals surface area contributed by atoms with Crippen molar-refractivity contribution in [3.63, 3.8) is 0 Å². The van der Waals surface area contributed by atoms with E-state index in [1.807, 2.05) is 0 Å². The highest BCUT2D eigenvalue weighted by Crippen LogP contribution is 2.38. The standard InChI is InChI=1S/C20H19NO7/c1-4-28-19(24)20(25)16-8-6-5-7-15(16)17(22)21(18(20)23)12-9-13(26-2)11-14(10-12)27-3/h5-11,25H,4H2,1-3H3. The number of nitrogens with zero attached hydrogens (tertiary/aromatic N) is 1. The van der Waals surface area contributed by atoms with E-state index in [9.17, 15) is 19.5 Å². The smallest absolute Gasteiger partial charge is 0.353 e. The predicted molar refractivity (Wildman–Crippen MR) is 98.3 cm³/mol. The summed E-state index contributed by atoms with van der Waals surface area (Å²) in [7, 11) is 2.84. The Morgan fingerprint density at radius 1 is 1.07 bits per heavy atom. The summed E-state index contributed by atoms with van der Waals surface area (Å²) >= 11 is 0. The summed E-state index contributed by atoms with van der Waals surface area (Å²) in [6.07, 6.45) is 0. The molecule has 0 aromatic heterocycles. The van der Waals surface area contributed by atoms with Crippen LogP contribution in [0.3, 0.4) is 0 Å². The molecule has 1 aliphatic rings. The van der Waals surface area contributed by atoms with Gasteiger partial charge in [-0.1, -0.05) is 18.2 Å². The second kappa shape index (κ2) is 7.32.